The number of hydrogen-bond donors (Lipinski definition) is 2. The van der Waals surface area contributed by atoms with Crippen molar-refractivity contribution in [1.82, 2.24) is 5.32 Å². The second-order valence-electron chi connectivity index (χ2n) is 4.25. The number of halogens is 1. The molecule has 0 spiro atoms. The monoisotopic (exact) mass is 359 g/mol. The number of thioether (sulfide) groups is 1. The molecular weight excluding hydrogens is 342 g/mol. The third kappa shape index (κ3) is 6.43. The van der Waals surface area contributed by atoms with Gasteiger partial charge in [-0.2, -0.15) is 11.8 Å². The van der Waals surface area contributed by atoms with E-state index in [1.807, 2.05) is 31.2 Å². The first-order valence-electron chi connectivity index (χ1n) is 6.37. The van der Waals surface area contributed by atoms with Crippen LogP contribution in [0.3, 0.4) is 0 Å². The van der Waals surface area contributed by atoms with Crippen molar-refractivity contribution in [3.05, 3.63) is 34.3 Å². The molecule has 0 aliphatic carbocycles. The van der Waals surface area contributed by atoms with Crippen LogP contribution in [0.4, 0.5) is 0 Å². The number of amides is 1. The van der Waals surface area contributed by atoms with Gasteiger partial charge in [0.05, 0.1) is 6.42 Å². The smallest absolute Gasteiger partial charge is 0.326 e. The molecule has 0 aliphatic rings. The summed E-state index contributed by atoms with van der Waals surface area (Å²) >= 11 is 4.99. The summed E-state index contributed by atoms with van der Waals surface area (Å²) in [6, 6.07) is 6.58. The number of aliphatic carboxylic acids is 1. The Morgan fingerprint density at radius 2 is 2.00 bits per heavy atom. The molecular formula is C14H18BrNO3S. The largest absolute Gasteiger partial charge is 0.480 e. The normalized spacial score (nSPS) is 11.9. The number of hydrogen-bond acceptors (Lipinski definition) is 3. The summed E-state index contributed by atoms with van der Waals surface area (Å²) in [5, 5.41) is 11.7. The molecule has 0 fully saturated rings. The Labute approximate surface area is 131 Å². The van der Waals surface area contributed by atoms with Gasteiger partial charge in [0.2, 0.25) is 5.91 Å². The molecule has 1 atom stereocenters. The number of carboxylic acid groups (broad SMARTS) is 1. The van der Waals surface area contributed by atoms with E-state index in [0.29, 0.717) is 6.42 Å². The van der Waals surface area contributed by atoms with Gasteiger partial charge < -0.3 is 10.4 Å². The zero-order valence-electron chi connectivity index (χ0n) is 11.3. The van der Waals surface area contributed by atoms with Crippen molar-refractivity contribution >= 4 is 39.6 Å². The van der Waals surface area contributed by atoms with Crippen molar-refractivity contribution < 1.29 is 14.7 Å². The minimum absolute atomic E-state index is 0.192. The van der Waals surface area contributed by atoms with Crippen LogP contribution in [-0.2, 0) is 16.0 Å². The maximum Gasteiger partial charge on any atom is 0.326 e. The molecule has 0 heterocycles. The maximum atomic E-state index is 11.9. The van der Waals surface area contributed by atoms with E-state index in [4.69, 9.17) is 5.11 Å². The molecule has 110 valence electrons. The number of carbonyl (C=O) groups excluding carboxylic acids is 1. The van der Waals surface area contributed by atoms with E-state index in [9.17, 15) is 9.59 Å². The predicted molar refractivity (Wildman–Crippen MR) is 85.0 cm³/mol. The molecule has 0 radical (unpaired) electrons. The second-order valence-corrected chi connectivity index (χ2v) is 6.56. The van der Waals surface area contributed by atoms with Gasteiger partial charge in [-0.1, -0.05) is 35.0 Å². The lowest BCUT2D eigenvalue weighted by Gasteiger charge is -2.14. The van der Waals surface area contributed by atoms with Gasteiger partial charge >= 0.3 is 5.97 Å². The number of benzene rings is 1. The third-order valence-corrected chi connectivity index (χ3v) is 4.13. The van der Waals surface area contributed by atoms with Crippen LogP contribution in [0.15, 0.2) is 28.7 Å². The van der Waals surface area contributed by atoms with Gasteiger partial charge in [-0.25, -0.2) is 4.79 Å². The summed E-state index contributed by atoms with van der Waals surface area (Å²) in [4.78, 5) is 22.9. The van der Waals surface area contributed by atoms with Crippen molar-refractivity contribution in [1.29, 1.82) is 0 Å². The lowest BCUT2D eigenvalue weighted by molar-refractivity contribution is -0.141. The van der Waals surface area contributed by atoms with Crippen LogP contribution in [0.2, 0.25) is 0 Å². The van der Waals surface area contributed by atoms with Crippen LogP contribution in [0.1, 0.15) is 18.9 Å². The highest BCUT2D eigenvalue weighted by molar-refractivity contribution is 9.10. The van der Waals surface area contributed by atoms with Crippen LogP contribution >= 0.6 is 27.7 Å². The highest BCUT2D eigenvalue weighted by Crippen LogP contribution is 2.11. The topological polar surface area (TPSA) is 66.4 Å². The Bertz CT molecular complexity index is 450. The fourth-order valence-electron chi connectivity index (χ4n) is 1.64. The number of carbonyl (C=O) groups is 2. The average Bonchev–Trinajstić information content (AvgIpc) is 2.40. The first-order valence-corrected chi connectivity index (χ1v) is 8.32. The first kappa shape index (κ1) is 17.0. The minimum atomic E-state index is -0.981. The number of nitrogens with one attached hydrogen (secondary N) is 1. The summed E-state index contributed by atoms with van der Waals surface area (Å²) < 4.78 is 0.946. The summed E-state index contributed by atoms with van der Waals surface area (Å²) in [6.07, 6.45) is 0.637. The zero-order chi connectivity index (χ0) is 15.0. The van der Waals surface area contributed by atoms with Crippen molar-refractivity contribution in [2.45, 2.75) is 25.8 Å². The first-order chi connectivity index (χ1) is 9.52. The molecule has 6 heteroatoms. The molecule has 0 aliphatic heterocycles. The molecule has 1 aromatic carbocycles. The van der Waals surface area contributed by atoms with Gasteiger partial charge in [-0.05, 0) is 35.6 Å². The van der Waals surface area contributed by atoms with Crippen LogP contribution in [0.25, 0.3) is 0 Å². The predicted octanol–water partition coefficient (Wildman–Crippen LogP) is 2.70. The molecule has 4 nitrogen and oxygen atoms in total. The fraction of sp³-hybridized carbons (Fsp3) is 0.429. The van der Waals surface area contributed by atoms with E-state index in [1.54, 1.807) is 11.8 Å². The number of carboxylic acids is 1. The van der Waals surface area contributed by atoms with Crippen molar-refractivity contribution in [3.8, 4) is 0 Å². The van der Waals surface area contributed by atoms with Crippen molar-refractivity contribution in [2.75, 3.05) is 11.5 Å². The van der Waals surface area contributed by atoms with Crippen LogP contribution in [0, 0.1) is 0 Å². The molecule has 1 aromatic rings. The lowest BCUT2D eigenvalue weighted by atomic mass is 10.1. The Morgan fingerprint density at radius 3 is 2.55 bits per heavy atom. The van der Waals surface area contributed by atoms with Crippen LogP contribution < -0.4 is 5.32 Å². The molecule has 1 amide bonds. The fourth-order valence-corrected chi connectivity index (χ4v) is 2.59. The SMILES string of the molecule is CCSCCC(NC(=O)Cc1ccc(Br)cc1)C(=O)O. The van der Waals surface area contributed by atoms with E-state index in [0.717, 1.165) is 21.5 Å². The van der Waals surface area contributed by atoms with Crippen LogP contribution in [0.5, 0.6) is 0 Å². The van der Waals surface area contributed by atoms with Gasteiger partial charge in [0.1, 0.15) is 6.04 Å². The molecule has 1 unspecified atom stereocenters. The van der Waals surface area contributed by atoms with Gasteiger partial charge in [0, 0.05) is 4.47 Å². The second kappa shape index (κ2) is 9.02. The van der Waals surface area contributed by atoms with Gasteiger partial charge in [-0.15, -0.1) is 0 Å². The van der Waals surface area contributed by atoms with E-state index in [1.165, 1.54) is 0 Å². The van der Waals surface area contributed by atoms with Gasteiger partial charge in [0.25, 0.3) is 0 Å². The quantitative estimate of drug-likeness (QED) is 0.700. The van der Waals surface area contributed by atoms with Crippen molar-refractivity contribution in [3.63, 3.8) is 0 Å². The minimum Gasteiger partial charge on any atom is -0.480 e. The average molecular weight is 360 g/mol. The van der Waals surface area contributed by atoms with E-state index < -0.39 is 12.0 Å². The van der Waals surface area contributed by atoms with E-state index in [-0.39, 0.29) is 12.3 Å². The molecule has 0 bridgehead atoms. The Kier molecular flexibility index (Phi) is 7.69. The maximum absolute atomic E-state index is 11.9. The zero-order valence-corrected chi connectivity index (χ0v) is 13.7. The molecule has 1 rings (SSSR count). The Balaban J connectivity index is 2.48. The molecule has 0 aromatic heterocycles. The van der Waals surface area contributed by atoms with E-state index >= 15 is 0 Å². The summed E-state index contributed by atoms with van der Waals surface area (Å²) in [7, 11) is 0. The van der Waals surface area contributed by atoms with Crippen LogP contribution in [-0.4, -0.2) is 34.5 Å². The Hall–Kier alpha value is -1.01. The van der Waals surface area contributed by atoms with Crippen molar-refractivity contribution in [2.24, 2.45) is 0 Å². The number of rotatable bonds is 8. The highest BCUT2D eigenvalue weighted by Gasteiger charge is 2.19. The summed E-state index contributed by atoms with van der Waals surface area (Å²) in [5.41, 5.74) is 0.859. The van der Waals surface area contributed by atoms with E-state index in [2.05, 4.69) is 21.2 Å². The third-order valence-electron chi connectivity index (χ3n) is 2.67. The lowest BCUT2D eigenvalue weighted by Crippen LogP contribution is -2.41. The standard InChI is InChI=1S/C14H18BrNO3S/c1-2-20-8-7-12(14(18)19)16-13(17)9-10-3-5-11(15)6-4-10/h3-6,12H,2,7-9H2,1H3,(H,16,17)(H,18,19). The molecule has 0 saturated carbocycles. The molecule has 20 heavy (non-hydrogen) atoms. The summed E-state index contributed by atoms with van der Waals surface area (Å²) in [5.74, 6) is 0.428. The molecule has 2 N–H and O–H groups in total. The highest BCUT2D eigenvalue weighted by atomic mass is 79.9. The Morgan fingerprint density at radius 1 is 1.35 bits per heavy atom. The molecule has 0 saturated heterocycles. The van der Waals surface area contributed by atoms with Gasteiger partial charge in [0.15, 0.2) is 0 Å². The summed E-state index contributed by atoms with van der Waals surface area (Å²) in [6.45, 7) is 2.02. The van der Waals surface area contributed by atoms with Gasteiger partial charge in [-0.3, -0.25) is 4.79 Å².